The molecule has 0 aromatic heterocycles. The van der Waals surface area contributed by atoms with Gasteiger partial charge >= 0.3 is 18.9 Å². The molecule has 0 bridgehead atoms. The second-order valence-electron chi connectivity index (χ2n) is 0. The van der Waals surface area contributed by atoms with Gasteiger partial charge in [0.2, 0.25) is 0 Å². The largest absolute Gasteiger partial charge is 0 e. The van der Waals surface area contributed by atoms with E-state index in [9.17, 15) is 0 Å². The molecule has 0 aliphatic heterocycles. The first-order valence-corrected chi connectivity index (χ1v) is 0.612. The van der Waals surface area contributed by atoms with E-state index in [4.69, 9.17) is 4.57 Å². The number of hydrogen-bond donors (Lipinski definition) is 0. The Morgan fingerprint density at radius 3 is 1.20 bits per heavy atom. The fourth-order valence-corrected chi connectivity index (χ4v) is 0. The first kappa shape index (κ1) is 29.8. The maximum Gasteiger partial charge on any atom is 0 e. The van der Waals surface area contributed by atoms with Crippen molar-refractivity contribution in [1.29, 1.82) is 0 Å². The van der Waals surface area contributed by atoms with Gasteiger partial charge in [-0.1, -0.05) is 0 Å². The Hall–Kier alpha value is 1.71. The average Bonchev–Trinajstić information content (AvgIpc) is 1.00. The molecule has 0 saturated heterocycles. The van der Waals surface area contributed by atoms with Gasteiger partial charge in [-0.2, -0.15) is 0 Å². The molecule has 5 heavy (non-hydrogen) atoms. The molecular weight excluding hydrogens is 168 g/mol. The summed E-state index contributed by atoms with van der Waals surface area (Å²) in [6.07, 6.45) is 0. The van der Waals surface area contributed by atoms with E-state index >= 15 is 0 Å². The third-order valence-electron chi connectivity index (χ3n) is 0. The van der Waals surface area contributed by atoms with Crippen molar-refractivity contribution in [2.75, 3.05) is 0 Å². The molecule has 0 saturated carbocycles. The first-order valence-electron chi connectivity index (χ1n) is 0.204. The predicted octanol–water partition coefficient (Wildman–Crippen LogP) is -0.179. The summed E-state index contributed by atoms with van der Waals surface area (Å²) < 4.78 is 8.06. The molecule has 0 aliphatic carbocycles. The van der Waals surface area contributed by atoms with E-state index in [1.54, 1.807) is 9.12 Å². The molecule has 0 N–H and O–H groups in total. The summed E-state index contributed by atoms with van der Waals surface area (Å²) in [5, 5.41) is 0. The molecule has 0 radical (unpaired) electrons. The zero-order chi connectivity index (χ0) is 2.00. The van der Waals surface area contributed by atoms with E-state index in [1.165, 1.54) is 0 Å². The number of rotatable bonds is 0. The van der Waals surface area contributed by atoms with Gasteiger partial charge in [-0.25, -0.2) is 0 Å². The van der Waals surface area contributed by atoms with Gasteiger partial charge in [-0.3, -0.25) is 4.57 Å². The van der Waals surface area contributed by atoms with Crippen LogP contribution in [0, 0.1) is 0 Å². The Kier molecular flexibility index (Phi) is 258. The summed E-state index contributed by atoms with van der Waals surface area (Å²) in [5.41, 5.74) is 0. The second kappa shape index (κ2) is 43.3. The molecule has 0 unspecified atom stereocenters. The molecule has 0 spiro atoms. The van der Waals surface area contributed by atoms with Crippen LogP contribution in [0.2, 0.25) is 0 Å². The van der Waals surface area contributed by atoms with E-state index in [1.807, 2.05) is 0 Å². The molecule has 5 heteroatoms. The van der Waals surface area contributed by atoms with E-state index in [-0.39, 0.29) is 52.4 Å². The minimum absolute atomic E-state index is 0. The van der Waals surface area contributed by atoms with E-state index in [2.05, 4.69) is 0 Å². The molecule has 0 atom stereocenters. The Bertz CT molecular complexity index is 11.6. The summed E-state index contributed by atoms with van der Waals surface area (Å²) >= 11 is 0. The van der Waals surface area contributed by atoms with Gasteiger partial charge in [-0.15, -0.1) is 0 Å². The van der Waals surface area contributed by atoms with Crippen LogP contribution in [0.25, 0.3) is 0 Å². The molecule has 0 amide bonds. The predicted molar refractivity (Wildman–Crippen MR) is 16.2 cm³/mol. The fourth-order valence-electron chi connectivity index (χ4n) is 0. The summed E-state index contributed by atoms with van der Waals surface area (Å²) in [5.74, 6) is 0. The standard InChI is InChI=1S/Fe.Li.Ni.HOP.H/c;;;1-2;/h;;;2H;. The van der Waals surface area contributed by atoms with Gasteiger partial charge < -0.3 is 0 Å². The zero-order valence-electron chi connectivity index (χ0n) is 1.58. The van der Waals surface area contributed by atoms with Crippen LogP contribution in [0.1, 0.15) is 0 Å². The summed E-state index contributed by atoms with van der Waals surface area (Å²) in [4.78, 5) is 0. The molecule has 0 rings (SSSR count). The van der Waals surface area contributed by atoms with Crippen LogP contribution in [0.3, 0.4) is 0 Å². The molecule has 0 fully saturated rings. The van der Waals surface area contributed by atoms with Gasteiger partial charge in [0, 0.05) is 33.6 Å². The Morgan fingerprint density at radius 1 is 1.20 bits per heavy atom. The molecule has 1 nitrogen and oxygen atoms in total. The van der Waals surface area contributed by atoms with Crippen molar-refractivity contribution in [3.8, 4) is 0 Å². The summed E-state index contributed by atoms with van der Waals surface area (Å²) in [6, 6.07) is 0. The van der Waals surface area contributed by atoms with E-state index < -0.39 is 0 Å². The average molecular weight is 170 g/mol. The minimum Gasteiger partial charge on any atom is 0 e. The topological polar surface area (TPSA) is 17.1 Å². The number of hydrogen-bond acceptors (Lipinski definition) is 1. The normalized spacial score (nSPS) is 0.800. The van der Waals surface area contributed by atoms with Crippen LogP contribution >= 0.6 is 9.12 Å². The van der Waals surface area contributed by atoms with Crippen molar-refractivity contribution < 1.29 is 38.1 Å². The van der Waals surface area contributed by atoms with Crippen LogP contribution in [-0.4, -0.2) is 18.9 Å². The Morgan fingerprint density at radius 2 is 1.20 bits per heavy atom. The van der Waals surface area contributed by atoms with Crippen LogP contribution in [0.4, 0.5) is 0 Å². The molecular formula is H2FeLiNiOP. The fraction of sp³-hybridized carbons (Fsp3) is 0. The Labute approximate surface area is 65.8 Å². The van der Waals surface area contributed by atoms with Gasteiger partial charge in [0.15, 0.2) is 0 Å². The molecule has 0 heterocycles. The summed E-state index contributed by atoms with van der Waals surface area (Å²) in [6.45, 7) is 0. The monoisotopic (exact) mass is 170 g/mol. The van der Waals surface area contributed by atoms with E-state index in [0.717, 1.165) is 0 Å². The smallest absolute Gasteiger partial charge is 0 e. The zero-order valence-corrected chi connectivity index (χ0v) is 4.67. The van der Waals surface area contributed by atoms with Crippen molar-refractivity contribution in [2.24, 2.45) is 0 Å². The molecule has 0 aromatic rings. The first-order chi connectivity index (χ1) is 1.00. The molecule has 0 aliphatic rings. The van der Waals surface area contributed by atoms with Crippen molar-refractivity contribution in [2.45, 2.75) is 0 Å². The van der Waals surface area contributed by atoms with Crippen LogP contribution < -0.4 is 0 Å². The third-order valence-corrected chi connectivity index (χ3v) is 0. The van der Waals surface area contributed by atoms with Crippen LogP contribution in [0.15, 0.2) is 0 Å². The minimum atomic E-state index is 0. The molecule has 0 aromatic carbocycles. The molecule has 32 valence electrons. The second-order valence-corrected chi connectivity index (χ2v) is 0. The van der Waals surface area contributed by atoms with Gasteiger partial charge in [0.25, 0.3) is 0 Å². The van der Waals surface area contributed by atoms with Crippen molar-refractivity contribution in [1.82, 2.24) is 0 Å². The quantitative estimate of drug-likeness (QED) is 0.364. The van der Waals surface area contributed by atoms with Gasteiger partial charge in [-0.05, 0) is 0 Å². The van der Waals surface area contributed by atoms with Gasteiger partial charge in [0.05, 0.1) is 0 Å². The third kappa shape index (κ3) is 26.9. The maximum atomic E-state index is 8.06. The van der Waals surface area contributed by atoms with E-state index in [0.29, 0.717) is 0 Å². The Balaban J connectivity index is -0.00000000167. The van der Waals surface area contributed by atoms with Gasteiger partial charge in [0.1, 0.15) is 9.12 Å². The van der Waals surface area contributed by atoms with Crippen LogP contribution in [-0.2, 0) is 38.1 Å². The van der Waals surface area contributed by atoms with Crippen molar-refractivity contribution in [3.63, 3.8) is 0 Å². The van der Waals surface area contributed by atoms with Crippen LogP contribution in [0.5, 0.6) is 0 Å². The summed E-state index contributed by atoms with van der Waals surface area (Å²) in [7, 11) is 1.72. The maximum absolute atomic E-state index is 8.06. The SMILES string of the molecule is O=P.[Fe].[LiH].[Ni]. The van der Waals surface area contributed by atoms with Crippen molar-refractivity contribution >= 4 is 28.0 Å². The van der Waals surface area contributed by atoms with Crippen molar-refractivity contribution in [3.05, 3.63) is 0 Å².